The lowest BCUT2D eigenvalue weighted by Gasteiger charge is -2.35. The Hall–Kier alpha value is -2.12. The molecular formula is C11H16N2O6. The van der Waals surface area contributed by atoms with E-state index in [-0.39, 0.29) is 0 Å². The SMILES string of the molecule is CN1C(=O)N(C(=O)OC(C)(C)C)C(=O)CC1C(=O)O. The normalized spacial score (nSPS) is 20.5. The number of carbonyl (C=O) groups is 4. The maximum absolute atomic E-state index is 11.8. The average Bonchev–Trinajstić information content (AvgIpc) is 2.20. The van der Waals surface area contributed by atoms with E-state index in [2.05, 4.69) is 0 Å². The third-order valence-electron chi connectivity index (χ3n) is 2.44. The van der Waals surface area contributed by atoms with Gasteiger partial charge in [0.15, 0.2) is 0 Å². The minimum Gasteiger partial charge on any atom is -0.480 e. The Kier molecular flexibility index (Phi) is 3.83. The van der Waals surface area contributed by atoms with Crippen LogP contribution in [0, 0.1) is 0 Å². The van der Waals surface area contributed by atoms with E-state index in [0.717, 1.165) is 4.90 Å². The van der Waals surface area contributed by atoms with Crippen molar-refractivity contribution in [3.8, 4) is 0 Å². The minimum atomic E-state index is -1.30. The van der Waals surface area contributed by atoms with E-state index in [4.69, 9.17) is 9.84 Å². The van der Waals surface area contributed by atoms with Gasteiger partial charge in [-0.25, -0.2) is 14.4 Å². The number of hydrogen-bond donors (Lipinski definition) is 1. The van der Waals surface area contributed by atoms with Crippen LogP contribution >= 0.6 is 0 Å². The number of carboxylic acid groups (broad SMARTS) is 1. The largest absolute Gasteiger partial charge is 0.480 e. The summed E-state index contributed by atoms with van der Waals surface area (Å²) in [6.07, 6.45) is -1.56. The molecule has 8 nitrogen and oxygen atoms in total. The molecule has 1 atom stereocenters. The number of carbonyl (C=O) groups excluding carboxylic acids is 3. The van der Waals surface area contributed by atoms with Crippen LogP contribution in [0.5, 0.6) is 0 Å². The second-order valence-corrected chi connectivity index (χ2v) is 5.16. The summed E-state index contributed by atoms with van der Waals surface area (Å²) in [4.78, 5) is 47.3. The molecule has 1 saturated heterocycles. The lowest BCUT2D eigenvalue weighted by molar-refractivity contribution is -0.148. The van der Waals surface area contributed by atoms with Gasteiger partial charge >= 0.3 is 18.1 Å². The van der Waals surface area contributed by atoms with E-state index in [1.807, 2.05) is 0 Å². The number of nitrogens with zero attached hydrogens (tertiary/aromatic N) is 2. The topological polar surface area (TPSA) is 104 Å². The van der Waals surface area contributed by atoms with E-state index in [1.54, 1.807) is 20.8 Å². The van der Waals surface area contributed by atoms with Crippen LogP contribution in [-0.4, -0.2) is 57.6 Å². The predicted molar refractivity (Wildman–Crippen MR) is 62.3 cm³/mol. The highest BCUT2D eigenvalue weighted by Crippen LogP contribution is 2.19. The van der Waals surface area contributed by atoms with Gasteiger partial charge in [0.2, 0.25) is 5.91 Å². The van der Waals surface area contributed by atoms with E-state index in [0.29, 0.717) is 4.90 Å². The molecule has 0 spiro atoms. The van der Waals surface area contributed by atoms with Gasteiger partial charge in [0, 0.05) is 7.05 Å². The van der Waals surface area contributed by atoms with Crippen molar-refractivity contribution in [3.05, 3.63) is 0 Å². The number of likely N-dealkylation sites (N-methyl/N-ethyl adjacent to an activating group) is 1. The van der Waals surface area contributed by atoms with Gasteiger partial charge in [-0.2, -0.15) is 4.90 Å². The fourth-order valence-electron chi connectivity index (χ4n) is 1.53. The molecule has 0 aromatic carbocycles. The molecule has 1 aliphatic rings. The summed E-state index contributed by atoms with van der Waals surface area (Å²) < 4.78 is 4.93. The standard InChI is InChI=1S/C11H16N2O6/c1-11(2,3)19-10(18)13-7(14)5-6(8(15)16)12(4)9(13)17/h6H,5H2,1-4H3,(H,15,16). The summed E-state index contributed by atoms with van der Waals surface area (Å²) >= 11 is 0. The minimum absolute atomic E-state index is 0.324. The zero-order valence-electron chi connectivity index (χ0n) is 11.2. The second-order valence-electron chi connectivity index (χ2n) is 5.16. The molecule has 0 bridgehead atoms. The van der Waals surface area contributed by atoms with Crippen molar-refractivity contribution in [3.63, 3.8) is 0 Å². The first-order valence-electron chi connectivity index (χ1n) is 5.60. The van der Waals surface area contributed by atoms with Crippen molar-refractivity contribution >= 4 is 24.0 Å². The lowest BCUT2D eigenvalue weighted by atomic mass is 10.1. The Morgan fingerprint density at radius 2 is 1.84 bits per heavy atom. The number of hydrogen-bond acceptors (Lipinski definition) is 5. The molecule has 0 aliphatic carbocycles. The summed E-state index contributed by atoms with van der Waals surface area (Å²) in [6, 6.07) is -2.27. The first kappa shape index (κ1) is 14.9. The molecule has 0 aromatic rings. The quantitative estimate of drug-likeness (QED) is 0.751. The van der Waals surface area contributed by atoms with Crippen LogP contribution in [0.1, 0.15) is 27.2 Å². The zero-order chi connectivity index (χ0) is 15.0. The molecule has 8 heteroatoms. The molecule has 4 amide bonds. The van der Waals surface area contributed by atoms with Crippen molar-refractivity contribution < 1.29 is 29.0 Å². The molecule has 19 heavy (non-hydrogen) atoms. The monoisotopic (exact) mass is 272 g/mol. The van der Waals surface area contributed by atoms with Crippen LogP contribution in [0.15, 0.2) is 0 Å². The van der Waals surface area contributed by atoms with Gasteiger partial charge in [0.25, 0.3) is 0 Å². The van der Waals surface area contributed by atoms with Crippen LogP contribution in [-0.2, 0) is 14.3 Å². The van der Waals surface area contributed by atoms with Gasteiger partial charge in [-0.15, -0.1) is 0 Å². The summed E-state index contributed by atoms with van der Waals surface area (Å²) in [7, 11) is 1.21. The summed E-state index contributed by atoms with van der Waals surface area (Å²) in [5.74, 6) is -2.18. The van der Waals surface area contributed by atoms with E-state index in [9.17, 15) is 19.2 Å². The molecule has 1 rings (SSSR count). The lowest BCUT2D eigenvalue weighted by Crippen LogP contribution is -2.60. The van der Waals surface area contributed by atoms with E-state index in [1.165, 1.54) is 7.05 Å². The maximum atomic E-state index is 11.8. The molecule has 0 radical (unpaired) electrons. The van der Waals surface area contributed by atoms with Crippen molar-refractivity contribution in [2.75, 3.05) is 7.05 Å². The maximum Gasteiger partial charge on any atom is 0.425 e. The van der Waals surface area contributed by atoms with Gasteiger partial charge in [-0.05, 0) is 20.8 Å². The Bertz CT molecular complexity index is 439. The molecule has 106 valence electrons. The highest BCUT2D eigenvalue weighted by molar-refractivity contribution is 6.11. The number of imide groups is 3. The van der Waals surface area contributed by atoms with E-state index >= 15 is 0 Å². The Morgan fingerprint density at radius 1 is 1.32 bits per heavy atom. The summed E-state index contributed by atoms with van der Waals surface area (Å²) in [6.45, 7) is 4.77. The van der Waals surface area contributed by atoms with Crippen LogP contribution in [0.4, 0.5) is 9.59 Å². The first-order chi connectivity index (χ1) is 8.54. The number of urea groups is 1. The van der Waals surface area contributed by atoms with Crippen molar-refractivity contribution in [1.82, 2.24) is 9.80 Å². The fraction of sp³-hybridized carbons (Fsp3) is 0.636. The van der Waals surface area contributed by atoms with Crippen molar-refractivity contribution in [2.24, 2.45) is 0 Å². The van der Waals surface area contributed by atoms with Gasteiger partial charge in [-0.3, -0.25) is 4.79 Å². The summed E-state index contributed by atoms with van der Waals surface area (Å²) in [5, 5.41) is 8.87. The molecular weight excluding hydrogens is 256 g/mol. The molecule has 0 aromatic heterocycles. The fourth-order valence-corrected chi connectivity index (χ4v) is 1.53. The van der Waals surface area contributed by atoms with Crippen molar-refractivity contribution in [1.29, 1.82) is 0 Å². The molecule has 1 aliphatic heterocycles. The van der Waals surface area contributed by atoms with Crippen LogP contribution in [0.3, 0.4) is 0 Å². The molecule has 1 N–H and O–H groups in total. The van der Waals surface area contributed by atoms with E-state index < -0.39 is 42.1 Å². The number of amides is 4. The van der Waals surface area contributed by atoms with Crippen LogP contribution < -0.4 is 0 Å². The summed E-state index contributed by atoms with van der Waals surface area (Å²) in [5.41, 5.74) is -0.861. The molecule has 1 fully saturated rings. The molecule has 1 unspecified atom stereocenters. The number of rotatable bonds is 1. The van der Waals surface area contributed by atoms with Crippen molar-refractivity contribution in [2.45, 2.75) is 38.8 Å². The van der Waals surface area contributed by atoms with Crippen LogP contribution in [0.25, 0.3) is 0 Å². The third-order valence-corrected chi connectivity index (χ3v) is 2.44. The number of aliphatic carboxylic acids is 1. The smallest absolute Gasteiger partial charge is 0.425 e. The van der Waals surface area contributed by atoms with Gasteiger partial charge in [0.1, 0.15) is 11.6 Å². The highest BCUT2D eigenvalue weighted by atomic mass is 16.6. The number of ether oxygens (including phenoxy) is 1. The van der Waals surface area contributed by atoms with Gasteiger partial charge < -0.3 is 14.7 Å². The Labute approximate surface area is 109 Å². The molecule has 1 heterocycles. The molecule has 0 saturated carbocycles. The predicted octanol–water partition coefficient (Wildman–Crippen LogP) is 0.659. The Morgan fingerprint density at radius 3 is 2.26 bits per heavy atom. The zero-order valence-corrected chi connectivity index (χ0v) is 11.2. The van der Waals surface area contributed by atoms with Gasteiger partial charge in [-0.1, -0.05) is 0 Å². The third kappa shape index (κ3) is 3.21. The van der Waals surface area contributed by atoms with Gasteiger partial charge in [0.05, 0.1) is 6.42 Å². The highest BCUT2D eigenvalue weighted by Gasteiger charge is 2.44. The second kappa shape index (κ2) is 4.87. The number of carboxylic acids is 1. The Balaban J connectivity index is 2.93. The average molecular weight is 272 g/mol. The first-order valence-corrected chi connectivity index (χ1v) is 5.60. The van der Waals surface area contributed by atoms with Crippen LogP contribution in [0.2, 0.25) is 0 Å².